The van der Waals surface area contributed by atoms with Gasteiger partial charge in [0, 0.05) is 7.11 Å². The van der Waals surface area contributed by atoms with Crippen molar-refractivity contribution in [2.75, 3.05) is 7.11 Å². The minimum absolute atomic E-state index is 0.229. The summed E-state index contributed by atoms with van der Waals surface area (Å²) < 4.78 is 33.8. The highest BCUT2D eigenvalue weighted by molar-refractivity contribution is 7.86. The predicted octanol–water partition coefficient (Wildman–Crippen LogP) is 2.31. The van der Waals surface area contributed by atoms with Gasteiger partial charge in [0.25, 0.3) is 10.1 Å². The van der Waals surface area contributed by atoms with Crippen LogP contribution in [0.1, 0.15) is 23.6 Å². The van der Waals surface area contributed by atoms with E-state index in [0.29, 0.717) is 11.1 Å². The average molecular weight is 258 g/mol. The van der Waals surface area contributed by atoms with E-state index in [1.807, 2.05) is 19.1 Å². The molecule has 0 radical (unpaired) electrons. The first kappa shape index (κ1) is 14.2. The molecule has 0 saturated carbocycles. The number of hydrogen-bond acceptors (Lipinski definition) is 4. The molecule has 1 aromatic carbocycles. The highest BCUT2D eigenvalue weighted by atomic mass is 32.2. The Morgan fingerprint density at radius 2 is 1.59 bits per heavy atom. The van der Waals surface area contributed by atoms with Crippen molar-refractivity contribution in [1.29, 1.82) is 0 Å². The number of hydrogen-bond donors (Lipinski definition) is 0. The lowest BCUT2D eigenvalue weighted by molar-refractivity contribution is -0.0336. The van der Waals surface area contributed by atoms with Gasteiger partial charge in [-0.3, -0.25) is 0 Å². The fourth-order valence-corrected chi connectivity index (χ4v) is 3.27. The van der Waals surface area contributed by atoms with E-state index in [-0.39, 0.29) is 4.90 Å². The molecule has 0 aromatic heterocycles. The molecule has 0 spiro atoms. The molecule has 1 unspecified atom stereocenters. The molecule has 0 aliphatic carbocycles. The first-order chi connectivity index (χ1) is 7.77. The first-order valence-corrected chi connectivity index (χ1v) is 6.72. The van der Waals surface area contributed by atoms with Gasteiger partial charge in [-0.25, -0.2) is 4.18 Å². The Kier molecular flexibility index (Phi) is 4.30. The van der Waals surface area contributed by atoms with Gasteiger partial charge in [0.2, 0.25) is 0 Å². The van der Waals surface area contributed by atoms with Gasteiger partial charge in [-0.05, 0) is 38.8 Å². The Labute approximate surface area is 103 Å². The fraction of sp³-hybridized carbons (Fsp3) is 0.500. The van der Waals surface area contributed by atoms with Gasteiger partial charge in [0.1, 0.15) is 4.90 Å². The number of rotatable bonds is 4. The molecule has 0 N–H and O–H groups in total. The summed E-state index contributed by atoms with van der Waals surface area (Å²) in [6.07, 6.45) is -0.792. The molecule has 4 nitrogen and oxygen atoms in total. The van der Waals surface area contributed by atoms with Crippen LogP contribution < -0.4 is 0 Å². The third kappa shape index (κ3) is 3.28. The van der Waals surface area contributed by atoms with Crippen molar-refractivity contribution in [2.24, 2.45) is 0 Å². The topological polar surface area (TPSA) is 52.6 Å². The molecule has 1 atom stereocenters. The van der Waals surface area contributed by atoms with Crippen LogP contribution in [0.3, 0.4) is 0 Å². The van der Waals surface area contributed by atoms with Crippen LogP contribution >= 0.6 is 0 Å². The molecule has 0 fully saturated rings. The zero-order valence-corrected chi connectivity index (χ0v) is 11.6. The maximum absolute atomic E-state index is 12.1. The molecule has 1 aromatic rings. The normalized spacial score (nSPS) is 13.7. The monoisotopic (exact) mass is 258 g/mol. The van der Waals surface area contributed by atoms with Crippen LogP contribution in [0.5, 0.6) is 0 Å². The number of benzene rings is 1. The van der Waals surface area contributed by atoms with Crippen molar-refractivity contribution < 1.29 is 17.3 Å². The van der Waals surface area contributed by atoms with Crippen LogP contribution in [-0.4, -0.2) is 21.8 Å². The van der Waals surface area contributed by atoms with Crippen LogP contribution in [0.2, 0.25) is 0 Å². The van der Waals surface area contributed by atoms with Gasteiger partial charge in [-0.1, -0.05) is 17.7 Å². The van der Waals surface area contributed by atoms with E-state index in [2.05, 4.69) is 0 Å². The summed E-state index contributed by atoms with van der Waals surface area (Å²) in [4.78, 5) is 0.229. The molecule has 1 rings (SSSR count). The maximum atomic E-state index is 12.1. The van der Waals surface area contributed by atoms with Crippen molar-refractivity contribution >= 4 is 10.1 Å². The van der Waals surface area contributed by atoms with E-state index in [0.717, 1.165) is 5.56 Å². The van der Waals surface area contributed by atoms with E-state index in [1.54, 1.807) is 13.8 Å². The molecular formula is C12H18O4S. The first-order valence-electron chi connectivity index (χ1n) is 5.32. The van der Waals surface area contributed by atoms with E-state index in [1.165, 1.54) is 14.0 Å². The summed E-state index contributed by atoms with van der Waals surface area (Å²) in [6.45, 7) is 6.98. The predicted molar refractivity (Wildman–Crippen MR) is 65.4 cm³/mol. The second-order valence-electron chi connectivity index (χ2n) is 4.08. The van der Waals surface area contributed by atoms with Crippen molar-refractivity contribution in [3.05, 3.63) is 28.8 Å². The number of methoxy groups -OCH3 is 1. The molecule has 17 heavy (non-hydrogen) atoms. The molecular weight excluding hydrogens is 240 g/mol. The summed E-state index contributed by atoms with van der Waals surface area (Å²) in [5, 5.41) is 0. The third-order valence-electron chi connectivity index (χ3n) is 2.45. The molecule has 0 heterocycles. The zero-order chi connectivity index (χ0) is 13.2. The Bertz CT molecular complexity index is 482. The second-order valence-corrected chi connectivity index (χ2v) is 5.59. The highest BCUT2D eigenvalue weighted by Crippen LogP contribution is 2.24. The van der Waals surface area contributed by atoms with Gasteiger partial charge in [0.15, 0.2) is 6.29 Å². The summed E-state index contributed by atoms with van der Waals surface area (Å²) in [5.74, 6) is 0. The van der Waals surface area contributed by atoms with Crippen LogP contribution in [0, 0.1) is 20.8 Å². The lowest BCUT2D eigenvalue weighted by Crippen LogP contribution is -2.18. The number of aryl methyl sites for hydroxylation is 3. The Balaban J connectivity index is 3.25. The molecule has 0 aliphatic rings. The van der Waals surface area contributed by atoms with Crippen molar-refractivity contribution in [1.82, 2.24) is 0 Å². The zero-order valence-electron chi connectivity index (χ0n) is 10.8. The summed E-state index contributed by atoms with van der Waals surface area (Å²) >= 11 is 0. The van der Waals surface area contributed by atoms with Crippen molar-refractivity contribution in [3.8, 4) is 0 Å². The van der Waals surface area contributed by atoms with Gasteiger partial charge < -0.3 is 4.74 Å². The van der Waals surface area contributed by atoms with Gasteiger partial charge >= 0.3 is 0 Å². The van der Waals surface area contributed by atoms with E-state index < -0.39 is 16.4 Å². The standard InChI is InChI=1S/C12H18O4S/c1-8-6-9(2)12(10(3)7-8)17(13,14)16-11(4)15-5/h6-7,11H,1-5H3. The van der Waals surface area contributed by atoms with Crippen LogP contribution in [-0.2, 0) is 19.0 Å². The third-order valence-corrected chi connectivity index (χ3v) is 4.12. The minimum atomic E-state index is -3.77. The van der Waals surface area contributed by atoms with E-state index in [9.17, 15) is 8.42 Å². The molecule has 0 amide bonds. The Morgan fingerprint density at radius 1 is 1.12 bits per heavy atom. The van der Waals surface area contributed by atoms with Crippen LogP contribution in [0.15, 0.2) is 17.0 Å². The van der Waals surface area contributed by atoms with E-state index >= 15 is 0 Å². The van der Waals surface area contributed by atoms with Crippen molar-refractivity contribution in [3.63, 3.8) is 0 Å². The summed E-state index contributed by atoms with van der Waals surface area (Å²) in [5.41, 5.74) is 2.40. The SMILES string of the molecule is COC(C)OS(=O)(=O)c1c(C)cc(C)cc1C. The molecule has 0 bridgehead atoms. The minimum Gasteiger partial charge on any atom is -0.355 e. The van der Waals surface area contributed by atoms with Crippen LogP contribution in [0.25, 0.3) is 0 Å². The molecule has 0 aliphatic heterocycles. The van der Waals surface area contributed by atoms with Crippen molar-refractivity contribution in [2.45, 2.75) is 38.9 Å². The van der Waals surface area contributed by atoms with Gasteiger partial charge in [-0.15, -0.1) is 0 Å². The van der Waals surface area contributed by atoms with Gasteiger partial charge in [-0.2, -0.15) is 8.42 Å². The van der Waals surface area contributed by atoms with Crippen LogP contribution in [0.4, 0.5) is 0 Å². The molecule has 5 heteroatoms. The molecule has 0 saturated heterocycles. The molecule has 96 valence electrons. The highest BCUT2D eigenvalue weighted by Gasteiger charge is 2.23. The summed E-state index contributed by atoms with van der Waals surface area (Å²) in [6, 6.07) is 3.64. The quantitative estimate of drug-likeness (QED) is 0.614. The fourth-order valence-electron chi connectivity index (χ4n) is 1.83. The maximum Gasteiger partial charge on any atom is 0.299 e. The Morgan fingerprint density at radius 3 is 2.00 bits per heavy atom. The largest absolute Gasteiger partial charge is 0.355 e. The Hall–Kier alpha value is -0.910. The number of ether oxygens (including phenoxy) is 1. The lowest BCUT2D eigenvalue weighted by Gasteiger charge is -2.15. The van der Waals surface area contributed by atoms with Gasteiger partial charge in [0.05, 0.1) is 0 Å². The summed E-state index contributed by atoms with van der Waals surface area (Å²) in [7, 11) is -2.38. The second kappa shape index (κ2) is 5.16. The average Bonchev–Trinajstić information content (AvgIpc) is 2.14. The lowest BCUT2D eigenvalue weighted by atomic mass is 10.1. The van der Waals surface area contributed by atoms with E-state index in [4.69, 9.17) is 8.92 Å². The smallest absolute Gasteiger partial charge is 0.299 e.